The minimum absolute atomic E-state index is 0.893. The Kier molecular flexibility index (Phi) is 8.83. The molecule has 0 N–H and O–H groups in total. The van der Waals surface area contributed by atoms with Gasteiger partial charge in [-0.05, 0) is 123 Å². The molecular formula is C60H40N2O. The zero-order valence-electron chi connectivity index (χ0n) is 34.4. The average molecular weight is 805 g/mol. The lowest BCUT2D eigenvalue weighted by Gasteiger charge is -2.26. The highest BCUT2D eigenvalue weighted by molar-refractivity contribution is 6.09. The van der Waals surface area contributed by atoms with Crippen molar-refractivity contribution in [3.63, 3.8) is 0 Å². The van der Waals surface area contributed by atoms with E-state index in [0.29, 0.717) is 0 Å². The van der Waals surface area contributed by atoms with Crippen LogP contribution in [0.5, 0.6) is 0 Å². The molecule has 2 heterocycles. The smallest absolute Gasteiger partial charge is 0.136 e. The van der Waals surface area contributed by atoms with E-state index in [1.807, 2.05) is 12.1 Å². The van der Waals surface area contributed by atoms with Crippen molar-refractivity contribution in [3.05, 3.63) is 243 Å². The van der Waals surface area contributed by atoms with Crippen molar-refractivity contribution in [1.29, 1.82) is 0 Å². The molecule has 12 rings (SSSR count). The predicted molar refractivity (Wildman–Crippen MR) is 264 cm³/mol. The van der Waals surface area contributed by atoms with E-state index >= 15 is 0 Å². The third-order valence-corrected chi connectivity index (χ3v) is 12.4. The number of anilines is 3. The quantitative estimate of drug-likeness (QED) is 0.153. The fourth-order valence-electron chi connectivity index (χ4n) is 9.29. The van der Waals surface area contributed by atoms with Crippen LogP contribution in [0.3, 0.4) is 0 Å². The average Bonchev–Trinajstić information content (AvgIpc) is 3.91. The fourth-order valence-corrected chi connectivity index (χ4v) is 9.29. The molecule has 0 aliphatic rings. The monoisotopic (exact) mass is 804 g/mol. The molecule has 0 unspecified atom stereocenters. The second-order valence-electron chi connectivity index (χ2n) is 16.2. The maximum absolute atomic E-state index is 6.29. The van der Waals surface area contributed by atoms with Crippen molar-refractivity contribution in [2.75, 3.05) is 4.90 Å². The van der Waals surface area contributed by atoms with Gasteiger partial charge in [-0.3, -0.25) is 0 Å². The van der Waals surface area contributed by atoms with Gasteiger partial charge in [0.1, 0.15) is 11.2 Å². The third-order valence-electron chi connectivity index (χ3n) is 12.4. The Balaban J connectivity index is 0.872. The van der Waals surface area contributed by atoms with Crippen LogP contribution in [0.2, 0.25) is 0 Å². The third kappa shape index (κ3) is 6.55. The number of para-hydroxylation sites is 3. The van der Waals surface area contributed by atoms with Crippen LogP contribution in [0, 0.1) is 0 Å². The SMILES string of the molecule is c1ccc(-c2ccc(N(c3ccc(-c4ccc(-c5cccc(-n6c7ccccc7c7ccccc76)c5)cc4)cc3)c3cccc(-c4ccc5c(c4)oc4ccccc45)c3)cc2)cc1. The lowest BCUT2D eigenvalue weighted by molar-refractivity contribution is 0.669. The highest BCUT2D eigenvalue weighted by atomic mass is 16.3. The Morgan fingerprint density at radius 3 is 1.37 bits per heavy atom. The molecule has 3 heteroatoms. The molecule has 0 atom stereocenters. The van der Waals surface area contributed by atoms with E-state index in [1.54, 1.807) is 0 Å². The van der Waals surface area contributed by atoms with Gasteiger partial charge in [0.15, 0.2) is 0 Å². The van der Waals surface area contributed by atoms with Gasteiger partial charge in [-0.25, -0.2) is 0 Å². The van der Waals surface area contributed by atoms with E-state index in [4.69, 9.17) is 4.42 Å². The molecule has 0 bridgehead atoms. The molecule has 12 aromatic rings. The van der Waals surface area contributed by atoms with Crippen LogP contribution in [0.15, 0.2) is 247 Å². The van der Waals surface area contributed by atoms with Gasteiger partial charge >= 0.3 is 0 Å². The van der Waals surface area contributed by atoms with Gasteiger partial charge in [-0.2, -0.15) is 0 Å². The number of furan rings is 1. The standard InChI is InChI=1S/C60H40N2O/c1-2-12-41(13-3-1)43-28-33-49(34-29-43)61(51-16-11-15-47(39-51)48-32-37-56-55-20-6-9-23-59(55)63-60(56)40-48)50-35-30-44(31-36-50)42-24-26-45(27-25-42)46-14-10-17-52(38-46)62-57-21-7-4-18-53(57)54-19-5-8-22-58(54)62/h1-40H. The minimum Gasteiger partial charge on any atom is -0.456 e. The Morgan fingerprint density at radius 2 is 0.714 bits per heavy atom. The zero-order valence-corrected chi connectivity index (χ0v) is 34.4. The summed E-state index contributed by atoms with van der Waals surface area (Å²) < 4.78 is 8.67. The van der Waals surface area contributed by atoms with Gasteiger partial charge in [-0.1, -0.05) is 164 Å². The molecule has 0 fully saturated rings. The molecule has 0 aliphatic heterocycles. The zero-order chi connectivity index (χ0) is 41.7. The van der Waals surface area contributed by atoms with E-state index < -0.39 is 0 Å². The minimum atomic E-state index is 0.893. The largest absolute Gasteiger partial charge is 0.456 e. The second-order valence-corrected chi connectivity index (χ2v) is 16.2. The van der Waals surface area contributed by atoms with Crippen LogP contribution >= 0.6 is 0 Å². The Labute approximate surface area is 366 Å². The first-order valence-corrected chi connectivity index (χ1v) is 21.5. The summed E-state index contributed by atoms with van der Waals surface area (Å²) in [6.45, 7) is 0. The van der Waals surface area contributed by atoms with Crippen LogP contribution < -0.4 is 4.90 Å². The lowest BCUT2D eigenvalue weighted by atomic mass is 9.99. The van der Waals surface area contributed by atoms with Crippen LogP contribution in [0.4, 0.5) is 17.1 Å². The van der Waals surface area contributed by atoms with Crippen LogP contribution in [-0.2, 0) is 0 Å². The Morgan fingerprint density at radius 1 is 0.270 bits per heavy atom. The summed E-state index contributed by atoms with van der Waals surface area (Å²) in [6.07, 6.45) is 0. The van der Waals surface area contributed by atoms with Crippen LogP contribution in [0.25, 0.3) is 93.9 Å². The van der Waals surface area contributed by atoms with Crippen molar-refractivity contribution in [2.24, 2.45) is 0 Å². The van der Waals surface area contributed by atoms with Crippen molar-refractivity contribution < 1.29 is 4.42 Å². The molecule has 0 radical (unpaired) electrons. The molecule has 63 heavy (non-hydrogen) atoms. The number of fused-ring (bicyclic) bond motifs is 6. The maximum Gasteiger partial charge on any atom is 0.136 e. The lowest BCUT2D eigenvalue weighted by Crippen LogP contribution is -2.10. The molecule has 0 aliphatic carbocycles. The number of hydrogen-bond donors (Lipinski definition) is 0. The first-order chi connectivity index (χ1) is 31.2. The molecule has 3 nitrogen and oxygen atoms in total. The molecule has 296 valence electrons. The number of aromatic nitrogens is 1. The van der Waals surface area contributed by atoms with Gasteiger partial charge in [-0.15, -0.1) is 0 Å². The first kappa shape index (κ1) is 36.5. The summed E-state index contributed by atoms with van der Waals surface area (Å²) in [5.41, 5.74) is 17.9. The van der Waals surface area contributed by atoms with Crippen LogP contribution in [-0.4, -0.2) is 4.57 Å². The van der Waals surface area contributed by atoms with E-state index in [0.717, 1.165) is 61.4 Å². The first-order valence-electron chi connectivity index (χ1n) is 21.5. The molecule has 0 saturated heterocycles. The van der Waals surface area contributed by atoms with Gasteiger partial charge in [0, 0.05) is 44.3 Å². The number of nitrogens with zero attached hydrogens (tertiary/aromatic N) is 2. The van der Waals surface area contributed by atoms with Crippen LogP contribution in [0.1, 0.15) is 0 Å². The summed E-state index contributed by atoms with van der Waals surface area (Å²) in [4.78, 5) is 2.34. The summed E-state index contributed by atoms with van der Waals surface area (Å²) in [5, 5.41) is 4.80. The van der Waals surface area contributed by atoms with Gasteiger partial charge < -0.3 is 13.9 Å². The molecule has 0 spiro atoms. The summed E-state index contributed by atoms with van der Waals surface area (Å²) in [5.74, 6) is 0. The Bertz CT molecular complexity index is 3550. The van der Waals surface area contributed by atoms with Crippen molar-refractivity contribution in [2.45, 2.75) is 0 Å². The van der Waals surface area contributed by atoms with E-state index in [-0.39, 0.29) is 0 Å². The van der Waals surface area contributed by atoms with Gasteiger partial charge in [0.05, 0.1) is 11.0 Å². The van der Waals surface area contributed by atoms with E-state index in [1.165, 1.54) is 49.6 Å². The molecule has 10 aromatic carbocycles. The molecule has 0 amide bonds. The Hall–Kier alpha value is -8.40. The molecular weight excluding hydrogens is 765 g/mol. The second kappa shape index (κ2) is 15.3. The number of benzene rings is 10. The fraction of sp³-hybridized carbons (Fsp3) is 0. The normalized spacial score (nSPS) is 11.5. The topological polar surface area (TPSA) is 21.3 Å². The summed E-state index contributed by atoms with van der Waals surface area (Å²) in [6, 6.07) is 87.1. The van der Waals surface area contributed by atoms with Gasteiger partial charge in [0.25, 0.3) is 0 Å². The highest BCUT2D eigenvalue weighted by Gasteiger charge is 2.16. The summed E-state index contributed by atoms with van der Waals surface area (Å²) >= 11 is 0. The predicted octanol–water partition coefficient (Wildman–Crippen LogP) is 16.8. The van der Waals surface area contributed by atoms with Crippen molar-refractivity contribution in [1.82, 2.24) is 4.57 Å². The van der Waals surface area contributed by atoms with E-state index in [9.17, 15) is 0 Å². The van der Waals surface area contributed by atoms with Crippen molar-refractivity contribution in [3.8, 4) is 50.2 Å². The highest BCUT2D eigenvalue weighted by Crippen LogP contribution is 2.40. The summed E-state index contributed by atoms with van der Waals surface area (Å²) in [7, 11) is 0. The van der Waals surface area contributed by atoms with Gasteiger partial charge in [0.2, 0.25) is 0 Å². The number of hydrogen-bond acceptors (Lipinski definition) is 2. The van der Waals surface area contributed by atoms with E-state index in [2.05, 4.69) is 240 Å². The molecule has 2 aromatic heterocycles. The molecule has 0 saturated carbocycles. The maximum atomic E-state index is 6.29. The number of rotatable bonds is 8. The van der Waals surface area contributed by atoms with Crippen molar-refractivity contribution >= 4 is 60.8 Å².